The fourth-order valence-electron chi connectivity index (χ4n) is 2.13. The van der Waals surface area contributed by atoms with E-state index in [9.17, 15) is 5.11 Å². The number of fused-ring (bicyclic) bond motifs is 1. The summed E-state index contributed by atoms with van der Waals surface area (Å²) in [5.74, 6) is 0.281. The van der Waals surface area contributed by atoms with Crippen LogP contribution in [0.4, 0.5) is 0 Å². The molecule has 1 aromatic carbocycles. The summed E-state index contributed by atoms with van der Waals surface area (Å²) in [4.78, 5) is 4.53. The van der Waals surface area contributed by atoms with Crippen LogP contribution in [0.1, 0.15) is 25.1 Å². The first-order valence-corrected chi connectivity index (χ1v) is 6.82. The van der Waals surface area contributed by atoms with Gasteiger partial charge in [0.2, 0.25) is 0 Å². The minimum atomic E-state index is -0.297. The zero-order valence-electron chi connectivity index (χ0n) is 11.9. The molecule has 0 saturated carbocycles. The number of pyridine rings is 1. The van der Waals surface area contributed by atoms with Gasteiger partial charge in [-0.05, 0) is 30.5 Å². The van der Waals surface area contributed by atoms with E-state index in [1.807, 2.05) is 39.0 Å². The van der Waals surface area contributed by atoms with Crippen LogP contribution in [0.5, 0.6) is 0 Å². The highest BCUT2D eigenvalue weighted by Crippen LogP contribution is 2.18. The van der Waals surface area contributed by atoms with Gasteiger partial charge >= 0.3 is 0 Å². The second-order valence-corrected chi connectivity index (χ2v) is 5.38. The number of aliphatic hydroxyl groups is 1. The predicted octanol–water partition coefficient (Wildman–Crippen LogP) is 2.65. The third kappa shape index (κ3) is 3.52. The van der Waals surface area contributed by atoms with Gasteiger partial charge in [0.15, 0.2) is 0 Å². The molecule has 2 N–H and O–H groups in total. The normalized spacial score (nSPS) is 13.1. The highest BCUT2D eigenvalue weighted by atomic mass is 16.3. The van der Waals surface area contributed by atoms with Crippen LogP contribution in [0, 0.1) is 12.8 Å². The molecule has 0 amide bonds. The topological polar surface area (TPSA) is 45.1 Å². The Morgan fingerprint density at radius 2 is 2.00 bits per heavy atom. The van der Waals surface area contributed by atoms with E-state index in [2.05, 4.69) is 22.4 Å². The number of aromatic nitrogens is 1. The summed E-state index contributed by atoms with van der Waals surface area (Å²) in [6.07, 6.45) is -0.297. The van der Waals surface area contributed by atoms with E-state index in [-0.39, 0.29) is 12.0 Å². The van der Waals surface area contributed by atoms with Crippen LogP contribution >= 0.6 is 0 Å². The van der Waals surface area contributed by atoms with Gasteiger partial charge in [0.05, 0.1) is 11.6 Å². The number of aryl methyl sites for hydroxylation is 1. The fourth-order valence-corrected chi connectivity index (χ4v) is 2.13. The molecule has 0 aliphatic carbocycles. The predicted molar refractivity (Wildman–Crippen MR) is 79.0 cm³/mol. The second-order valence-electron chi connectivity index (χ2n) is 5.38. The van der Waals surface area contributed by atoms with Gasteiger partial charge in [-0.3, -0.25) is 4.98 Å². The van der Waals surface area contributed by atoms with Gasteiger partial charge in [0.25, 0.3) is 0 Å². The lowest BCUT2D eigenvalue weighted by atomic mass is 10.1. The summed E-state index contributed by atoms with van der Waals surface area (Å²) in [6, 6.07) is 10.3. The zero-order chi connectivity index (χ0) is 13.8. The van der Waals surface area contributed by atoms with E-state index in [0.717, 1.165) is 17.8 Å². The number of nitrogens with one attached hydrogen (secondary N) is 1. The van der Waals surface area contributed by atoms with Crippen molar-refractivity contribution in [1.29, 1.82) is 0 Å². The number of para-hydroxylation sites is 1. The van der Waals surface area contributed by atoms with Crippen LogP contribution in [-0.4, -0.2) is 22.7 Å². The molecule has 2 rings (SSSR count). The van der Waals surface area contributed by atoms with E-state index in [4.69, 9.17) is 0 Å². The monoisotopic (exact) mass is 258 g/mol. The quantitative estimate of drug-likeness (QED) is 0.866. The number of rotatable bonds is 5. The SMILES string of the molecule is Cc1cc(CNCC(O)C(C)C)c2ccccc2n1. The molecule has 0 fully saturated rings. The summed E-state index contributed by atoms with van der Waals surface area (Å²) in [5.41, 5.74) is 3.29. The summed E-state index contributed by atoms with van der Waals surface area (Å²) in [6.45, 7) is 7.44. The summed E-state index contributed by atoms with van der Waals surface area (Å²) in [5, 5.41) is 14.3. The number of hydrogen-bond donors (Lipinski definition) is 2. The summed E-state index contributed by atoms with van der Waals surface area (Å²) >= 11 is 0. The van der Waals surface area contributed by atoms with Crippen molar-refractivity contribution in [2.24, 2.45) is 5.92 Å². The van der Waals surface area contributed by atoms with Crippen LogP contribution in [0.2, 0.25) is 0 Å². The van der Waals surface area contributed by atoms with E-state index in [0.29, 0.717) is 6.54 Å². The molecular weight excluding hydrogens is 236 g/mol. The molecular formula is C16H22N2O. The molecule has 0 aliphatic rings. The van der Waals surface area contributed by atoms with Gasteiger partial charge in [0, 0.05) is 24.2 Å². The number of benzene rings is 1. The van der Waals surface area contributed by atoms with Gasteiger partial charge in [0.1, 0.15) is 0 Å². The van der Waals surface area contributed by atoms with Crippen molar-refractivity contribution in [2.75, 3.05) is 6.54 Å². The van der Waals surface area contributed by atoms with E-state index in [1.165, 1.54) is 10.9 Å². The first-order chi connectivity index (χ1) is 9.08. The van der Waals surface area contributed by atoms with E-state index < -0.39 is 0 Å². The molecule has 3 nitrogen and oxygen atoms in total. The van der Waals surface area contributed by atoms with E-state index in [1.54, 1.807) is 0 Å². The standard InChI is InChI=1S/C16H22N2O/c1-11(2)16(19)10-17-9-13-8-12(3)18-15-7-5-4-6-14(13)15/h4-8,11,16-17,19H,9-10H2,1-3H3. The lowest BCUT2D eigenvalue weighted by Crippen LogP contribution is -2.30. The smallest absolute Gasteiger partial charge is 0.0708 e. The van der Waals surface area contributed by atoms with Crippen molar-refractivity contribution >= 4 is 10.9 Å². The minimum absolute atomic E-state index is 0.281. The third-order valence-corrected chi connectivity index (χ3v) is 3.37. The van der Waals surface area contributed by atoms with Crippen LogP contribution in [-0.2, 0) is 6.54 Å². The Bertz CT molecular complexity index is 551. The molecule has 0 radical (unpaired) electrons. The van der Waals surface area contributed by atoms with Crippen molar-refractivity contribution in [3.8, 4) is 0 Å². The van der Waals surface area contributed by atoms with Crippen molar-refractivity contribution < 1.29 is 5.11 Å². The molecule has 1 aromatic heterocycles. The highest BCUT2D eigenvalue weighted by Gasteiger charge is 2.09. The summed E-state index contributed by atoms with van der Waals surface area (Å²) < 4.78 is 0. The average Bonchev–Trinajstić information content (AvgIpc) is 2.38. The molecule has 0 bridgehead atoms. The Morgan fingerprint density at radius 1 is 1.26 bits per heavy atom. The zero-order valence-corrected chi connectivity index (χ0v) is 11.9. The van der Waals surface area contributed by atoms with Crippen molar-refractivity contribution in [1.82, 2.24) is 10.3 Å². The number of nitrogens with zero attached hydrogens (tertiary/aromatic N) is 1. The maximum absolute atomic E-state index is 9.80. The first-order valence-electron chi connectivity index (χ1n) is 6.82. The fraction of sp³-hybridized carbons (Fsp3) is 0.438. The van der Waals surface area contributed by atoms with Crippen LogP contribution in [0.25, 0.3) is 10.9 Å². The van der Waals surface area contributed by atoms with Crippen LogP contribution < -0.4 is 5.32 Å². The molecule has 2 aromatic rings. The lowest BCUT2D eigenvalue weighted by Gasteiger charge is -2.15. The Labute approximate surface area is 114 Å². The molecule has 3 heteroatoms. The minimum Gasteiger partial charge on any atom is -0.392 e. The first kappa shape index (κ1) is 14.0. The van der Waals surface area contributed by atoms with Gasteiger partial charge in [-0.15, -0.1) is 0 Å². The maximum Gasteiger partial charge on any atom is 0.0708 e. The molecule has 0 saturated heterocycles. The maximum atomic E-state index is 9.80. The molecule has 19 heavy (non-hydrogen) atoms. The van der Waals surface area contributed by atoms with Gasteiger partial charge in [-0.25, -0.2) is 0 Å². The Balaban J connectivity index is 2.12. The Hall–Kier alpha value is -1.45. The molecule has 1 atom stereocenters. The van der Waals surface area contributed by atoms with Crippen molar-refractivity contribution in [3.05, 3.63) is 41.6 Å². The largest absolute Gasteiger partial charge is 0.392 e. The summed E-state index contributed by atoms with van der Waals surface area (Å²) in [7, 11) is 0. The highest BCUT2D eigenvalue weighted by molar-refractivity contribution is 5.82. The van der Waals surface area contributed by atoms with Crippen molar-refractivity contribution in [3.63, 3.8) is 0 Å². The van der Waals surface area contributed by atoms with Crippen LogP contribution in [0.3, 0.4) is 0 Å². The third-order valence-electron chi connectivity index (χ3n) is 3.37. The number of hydrogen-bond acceptors (Lipinski definition) is 3. The van der Waals surface area contributed by atoms with Gasteiger partial charge in [-0.2, -0.15) is 0 Å². The molecule has 1 heterocycles. The Morgan fingerprint density at radius 3 is 2.74 bits per heavy atom. The van der Waals surface area contributed by atoms with Gasteiger partial charge < -0.3 is 10.4 Å². The van der Waals surface area contributed by atoms with Gasteiger partial charge in [-0.1, -0.05) is 32.0 Å². The van der Waals surface area contributed by atoms with Crippen molar-refractivity contribution in [2.45, 2.75) is 33.4 Å². The molecule has 0 spiro atoms. The lowest BCUT2D eigenvalue weighted by molar-refractivity contribution is 0.123. The molecule has 0 aliphatic heterocycles. The van der Waals surface area contributed by atoms with E-state index >= 15 is 0 Å². The average molecular weight is 258 g/mol. The number of aliphatic hydroxyl groups excluding tert-OH is 1. The Kier molecular flexibility index (Phi) is 4.51. The molecule has 1 unspecified atom stereocenters. The second kappa shape index (κ2) is 6.13. The molecule has 102 valence electrons. The van der Waals surface area contributed by atoms with Crippen LogP contribution in [0.15, 0.2) is 30.3 Å².